The molecule has 0 radical (unpaired) electrons. The first kappa shape index (κ1) is 16.8. The number of likely N-dealkylation sites (tertiary alicyclic amines) is 1. The minimum absolute atomic E-state index is 0.0292. The highest BCUT2D eigenvalue weighted by atomic mass is 35.5. The number of rotatable bonds is 6. The molecule has 0 unspecified atom stereocenters. The zero-order chi connectivity index (χ0) is 15.9. The molecule has 122 valence electrons. The molecule has 2 rings (SSSR count). The summed E-state index contributed by atoms with van der Waals surface area (Å²) in [6, 6.07) is 1.56. The summed E-state index contributed by atoms with van der Waals surface area (Å²) in [5.41, 5.74) is 0. The van der Waals surface area contributed by atoms with Gasteiger partial charge in [-0.1, -0.05) is 16.8 Å². The average molecular weight is 329 g/mol. The van der Waals surface area contributed by atoms with Crippen LogP contribution in [0.3, 0.4) is 0 Å². The van der Waals surface area contributed by atoms with Crippen molar-refractivity contribution in [1.82, 2.24) is 10.1 Å². The number of piperidine rings is 1. The number of nitrogens with zero attached hydrogens (tertiary/aromatic N) is 2. The quantitative estimate of drug-likeness (QED) is 0.750. The lowest BCUT2D eigenvalue weighted by Gasteiger charge is -2.35. The second-order valence-electron chi connectivity index (χ2n) is 5.36. The summed E-state index contributed by atoms with van der Waals surface area (Å²) in [6.45, 7) is 2.84. The number of carbonyl (C=O) groups excluding carboxylic acids is 2. The van der Waals surface area contributed by atoms with Crippen molar-refractivity contribution in [2.45, 2.75) is 51.5 Å². The van der Waals surface area contributed by atoms with Gasteiger partial charge in [-0.05, 0) is 26.2 Å². The smallest absolute Gasteiger partial charge is 0.307 e. The minimum Gasteiger partial charge on any atom is -0.466 e. The van der Waals surface area contributed by atoms with Crippen LogP contribution in [-0.2, 0) is 20.7 Å². The molecule has 1 fully saturated rings. The van der Waals surface area contributed by atoms with Crippen molar-refractivity contribution in [2.75, 3.05) is 13.2 Å². The number of esters is 1. The maximum atomic E-state index is 12.4. The number of aromatic nitrogens is 1. The van der Waals surface area contributed by atoms with Gasteiger partial charge in [0.2, 0.25) is 5.91 Å². The Morgan fingerprint density at radius 1 is 1.50 bits per heavy atom. The molecule has 22 heavy (non-hydrogen) atoms. The molecule has 1 aliphatic heterocycles. The molecule has 2 heterocycles. The number of aryl methyl sites for hydroxylation is 1. The van der Waals surface area contributed by atoms with Crippen LogP contribution < -0.4 is 0 Å². The monoisotopic (exact) mass is 328 g/mol. The first-order valence-electron chi connectivity index (χ1n) is 7.66. The molecule has 1 aliphatic rings. The molecule has 1 aromatic rings. The van der Waals surface area contributed by atoms with Crippen LogP contribution in [0.15, 0.2) is 10.6 Å². The molecule has 7 heteroatoms. The third-order valence-electron chi connectivity index (χ3n) is 3.77. The SMILES string of the molecule is CCOC(=O)C[C@H]1CCCCN1C(=O)CCc1cc(Cl)no1. The molecule has 0 N–H and O–H groups in total. The topological polar surface area (TPSA) is 72.6 Å². The summed E-state index contributed by atoms with van der Waals surface area (Å²) in [5.74, 6) is 0.382. The second kappa shape index (κ2) is 8.17. The maximum absolute atomic E-state index is 12.4. The summed E-state index contributed by atoms with van der Waals surface area (Å²) in [7, 11) is 0. The molecule has 0 spiro atoms. The molecular formula is C15H21ClN2O4. The molecule has 0 saturated carbocycles. The fourth-order valence-electron chi connectivity index (χ4n) is 2.73. The summed E-state index contributed by atoms with van der Waals surface area (Å²) >= 11 is 5.68. The molecule has 0 aromatic carbocycles. The molecule has 0 bridgehead atoms. The van der Waals surface area contributed by atoms with Gasteiger partial charge >= 0.3 is 5.97 Å². The van der Waals surface area contributed by atoms with Crippen molar-refractivity contribution in [3.8, 4) is 0 Å². The lowest BCUT2D eigenvalue weighted by molar-refractivity contribution is -0.146. The standard InChI is InChI=1S/C15H21ClN2O4/c1-2-21-15(20)9-11-5-3-4-8-18(11)14(19)7-6-12-10-13(16)17-22-12/h10-11H,2-9H2,1H3/t11-/m1/s1. The van der Waals surface area contributed by atoms with Crippen molar-refractivity contribution in [2.24, 2.45) is 0 Å². The van der Waals surface area contributed by atoms with Gasteiger partial charge in [-0.2, -0.15) is 0 Å². The van der Waals surface area contributed by atoms with Crippen LogP contribution in [0.2, 0.25) is 5.15 Å². The van der Waals surface area contributed by atoms with E-state index >= 15 is 0 Å². The maximum Gasteiger partial charge on any atom is 0.307 e. The molecule has 0 aliphatic carbocycles. The zero-order valence-corrected chi connectivity index (χ0v) is 13.5. The first-order valence-corrected chi connectivity index (χ1v) is 8.04. The summed E-state index contributed by atoms with van der Waals surface area (Å²) in [6.07, 6.45) is 3.91. The van der Waals surface area contributed by atoms with Crippen LogP contribution in [0, 0.1) is 0 Å². The number of hydrogen-bond donors (Lipinski definition) is 0. The van der Waals surface area contributed by atoms with Crippen LogP contribution in [-0.4, -0.2) is 41.1 Å². The third-order valence-corrected chi connectivity index (χ3v) is 3.95. The van der Waals surface area contributed by atoms with E-state index in [9.17, 15) is 9.59 Å². The number of carbonyl (C=O) groups is 2. The highest BCUT2D eigenvalue weighted by Crippen LogP contribution is 2.22. The molecular weight excluding hydrogens is 308 g/mol. The predicted molar refractivity (Wildman–Crippen MR) is 80.4 cm³/mol. The molecule has 6 nitrogen and oxygen atoms in total. The first-order chi connectivity index (χ1) is 10.6. The molecule has 1 amide bonds. The minimum atomic E-state index is -0.241. The van der Waals surface area contributed by atoms with Crippen molar-refractivity contribution >= 4 is 23.5 Å². The van der Waals surface area contributed by atoms with Gasteiger partial charge in [0, 0.05) is 31.5 Å². The van der Waals surface area contributed by atoms with Gasteiger partial charge < -0.3 is 14.2 Å². The number of hydrogen-bond acceptors (Lipinski definition) is 5. The molecule has 1 saturated heterocycles. The number of ether oxygens (including phenoxy) is 1. The Hall–Kier alpha value is -1.56. The highest BCUT2D eigenvalue weighted by molar-refractivity contribution is 6.29. The zero-order valence-electron chi connectivity index (χ0n) is 12.7. The Bertz CT molecular complexity index is 517. The Kier molecular flexibility index (Phi) is 6.24. The van der Waals surface area contributed by atoms with Crippen LogP contribution in [0.25, 0.3) is 0 Å². The largest absolute Gasteiger partial charge is 0.466 e. The summed E-state index contributed by atoms with van der Waals surface area (Å²) in [5, 5.41) is 3.88. The van der Waals surface area contributed by atoms with E-state index in [1.807, 2.05) is 0 Å². The lowest BCUT2D eigenvalue weighted by atomic mass is 9.98. The lowest BCUT2D eigenvalue weighted by Crippen LogP contribution is -2.45. The highest BCUT2D eigenvalue weighted by Gasteiger charge is 2.28. The van der Waals surface area contributed by atoms with Gasteiger partial charge in [0.25, 0.3) is 0 Å². The van der Waals surface area contributed by atoms with E-state index in [0.29, 0.717) is 36.9 Å². The number of amides is 1. The van der Waals surface area contributed by atoms with E-state index in [-0.39, 0.29) is 24.3 Å². The van der Waals surface area contributed by atoms with Crippen LogP contribution in [0.4, 0.5) is 0 Å². The number of halogens is 1. The summed E-state index contributed by atoms with van der Waals surface area (Å²) < 4.78 is 9.99. The Labute approximate surface area is 134 Å². The normalized spacial score (nSPS) is 18.3. The van der Waals surface area contributed by atoms with Gasteiger partial charge in [-0.15, -0.1) is 0 Å². The average Bonchev–Trinajstić information content (AvgIpc) is 2.91. The van der Waals surface area contributed by atoms with Gasteiger partial charge in [0.15, 0.2) is 5.15 Å². The van der Waals surface area contributed by atoms with Gasteiger partial charge in [0.05, 0.1) is 13.0 Å². The third kappa shape index (κ3) is 4.73. The van der Waals surface area contributed by atoms with Gasteiger partial charge in [0.1, 0.15) is 5.76 Å². The van der Waals surface area contributed by atoms with Crippen LogP contribution in [0.1, 0.15) is 44.8 Å². The van der Waals surface area contributed by atoms with E-state index < -0.39 is 0 Å². The fourth-order valence-corrected chi connectivity index (χ4v) is 2.89. The van der Waals surface area contributed by atoms with Crippen LogP contribution >= 0.6 is 11.6 Å². The Balaban J connectivity index is 1.88. The van der Waals surface area contributed by atoms with Crippen LogP contribution in [0.5, 0.6) is 0 Å². The van der Waals surface area contributed by atoms with E-state index in [1.165, 1.54) is 0 Å². The second-order valence-corrected chi connectivity index (χ2v) is 5.75. The predicted octanol–water partition coefficient (Wildman–Crippen LogP) is 2.59. The van der Waals surface area contributed by atoms with Crippen molar-refractivity contribution < 1.29 is 18.8 Å². The molecule has 1 aromatic heterocycles. The van der Waals surface area contributed by atoms with Gasteiger partial charge in [-0.3, -0.25) is 9.59 Å². The van der Waals surface area contributed by atoms with E-state index in [1.54, 1.807) is 17.9 Å². The van der Waals surface area contributed by atoms with Crippen molar-refractivity contribution in [1.29, 1.82) is 0 Å². The van der Waals surface area contributed by atoms with Crippen molar-refractivity contribution in [3.63, 3.8) is 0 Å². The summed E-state index contributed by atoms with van der Waals surface area (Å²) in [4.78, 5) is 25.9. The van der Waals surface area contributed by atoms with E-state index in [4.69, 9.17) is 20.9 Å². The Morgan fingerprint density at radius 3 is 3.00 bits per heavy atom. The molecule has 1 atom stereocenters. The van der Waals surface area contributed by atoms with E-state index in [0.717, 1.165) is 19.3 Å². The van der Waals surface area contributed by atoms with Gasteiger partial charge in [-0.25, -0.2) is 0 Å². The Morgan fingerprint density at radius 2 is 2.32 bits per heavy atom. The van der Waals surface area contributed by atoms with E-state index in [2.05, 4.69) is 5.16 Å². The fraction of sp³-hybridized carbons (Fsp3) is 0.667. The van der Waals surface area contributed by atoms with Crippen molar-refractivity contribution in [3.05, 3.63) is 17.0 Å².